The molecule has 2 aromatic rings. The Kier molecular flexibility index (Phi) is 4.70. The predicted octanol–water partition coefficient (Wildman–Crippen LogP) is 3.72. The molecule has 0 N–H and O–H groups in total. The number of hydrogen-bond donors (Lipinski definition) is 0. The highest BCUT2D eigenvalue weighted by Gasteiger charge is 2.16. The van der Waals surface area contributed by atoms with Gasteiger partial charge in [0.1, 0.15) is 6.26 Å². The number of pyridine rings is 1. The van der Waals surface area contributed by atoms with Crippen LogP contribution < -0.4 is 0 Å². The van der Waals surface area contributed by atoms with Gasteiger partial charge in [-0.05, 0) is 30.2 Å². The van der Waals surface area contributed by atoms with Gasteiger partial charge in [0.2, 0.25) is 0 Å². The van der Waals surface area contributed by atoms with Crippen LogP contribution in [0.3, 0.4) is 0 Å². The van der Waals surface area contributed by atoms with Crippen molar-refractivity contribution >= 4 is 0 Å². The fraction of sp³-hybridized carbons (Fsp3) is 0.188. The molecule has 0 amide bonds. The van der Waals surface area contributed by atoms with Crippen molar-refractivity contribution in [2.75, 3.05) is 0 Å². The van der Waals surface area contributed by atoms with E-state index in [2.05, 4.69) is 30.6 Å². The third-order valence-corrected chi connectivity index (χ3v) is 3.01. The third-order valence-electron chi connectivity index (χ3n) is 3.01. The Morgan fingerprint density at radius 3 is 2.53 bits per heavy atom. The van der Waals surface area contributed by atoms with Crippen molar-refractivity contribution < 1.29 is 4.84 Å². The first-order chi connectivity index (χ1) is 9.31. The molecule has 1 heterocycles. The molecule has 98 valence electrons. The molecule has 1 aromatic heterocycles. The first kappa shape index (κ1) is 13.3. The highest BCUT2D eigenvalue weighted by molar-refractivity contribution is 5.18. The molecule has 1 aromatic carbocycles. The lowest BCUT2D eigenvalue weighted by atomic mass is 10.1. The topological polar surface area (TPSA) is 25.4 Å². The minimum atomic E-state index is 0.146. The highest BCUT2D eigenvalue weighted by atomic mass is 16.7. The van der Waals surface area contributed by atoms with Crippen LogP contribution in [0.4, 0.5) is 0 Å². The zero-order valence-electron chi connectivity index (χ0n) is 11.1. The number of nitrogens with zero attached hydrogens (tertiary/aromatic N) is 2. The van der Waals surface area contributed by atoms with Gasteiger partial charge in [0, 0.05) is 12.4 Å². The average molecular weight is 254 g/mol. The summed E-state index contributed by atoms with van der Waals surface area (Å²) in [6.07, 6.45) is 5.03. The van der Waals surface area contributed by atoms with E-state index in [9.17, 15) is 0 Å². The number of hydrogen-bond acceptors (Lipinski definition) is 3. The highest BCUT2D eigenvalue weighted by Crippen LogP contribution is 2.22. The molecule has 0 saturated carbocycles. The molecule has 3 heteroatoms. The molecule has 0 radical (unpaired) electrons. The van der Waals surface area contributed by atoms with Crippen LogP contribution in [-0.4, -0.2) is 10.0 Å². The second kappa shape index (κ2) is 6.71. The third kappa shape index (κ3) is 3.66. The van der Waals surface area contributed by atoms with Crippen LogP contribution in [0.5, 0.6) is 0 Å². The van der Waals surface area contributed by atoms with Crippen molar-refractivity contribution in [3.63, 3.8) is 0 Å². The van der Waals surface area contributed by atoms with Gasteiger partial charge in [0.15, 0.2) is 0 Å². The molecule has 19 heavy (non-hydrogen) atoms. The minimum Gasteiger partial charge on any atom is -0.414 e. The first-order valence-electron chi connectivity index (χ1n) is 6.29. The van der Waals surface area contributed by atoms with Crippen LogP contribution in [0.2, 0.25) is 0 Å². The Morgan fingerprint density at radius 2 is 1.89 bits per heavy atom. The summed E-state index contributed by atoms with van der Waals surface area (Å²) in [7, 11) is 0. The largest absolute Gasteiger partial charge is 0.414 e. The summed E-state index contributed by atoms with van der Waals surface area (Å²) in [6.45, 7) is 6.44. The number of aromatic nitrogens is 1. The zero-order valence-corrected chi connectivity index (χ0v) is 11.1. The van der Waals surface area contributed by atoms with Crippen LogP contribution in [0.15, 0.2) is 67.7 Å². The van der Waals surface area contributed by atoms with Crippen molar-refractivity contribution in [1.29, 1.82) is 0 Å². The van der Waals surface area contributed by atoms with Crippen molar-refractivity contribution in [3.05, 3.63) is 78.8 Å². The molecule has 0 bridgehead atoms. The second-order valence-electron chi connectivity index (χ2n) is 4.29. The van der Waals surface area contributed by atoms with E-state index in [0.29, 0.717) is 6.54 Å². The fourth-order valence-electron chi connectivity index (χ4n) is 1.93. The maximum absolute atomic E-state index is 5.54. The van der Waals surface area contributed by atoms with Crippen LogP contribution in [-0.2, 0) is 11.4 Å². The lowest BCUT2D eigenvalue weighted by Crippen LogP contribution is -2.25. The van der Waals surface area contributed by atoms with E-state index in [4.69, 9.17) is 4.84 Å². The van der Waals surface area contributed by atoms with E-state index in [-0.39, 0.29) is 6.04 Å². The molecule has 0 saturated heterocycles. The molecule has 1 atom stereocenters. The molecule has 0 fully saturated rings. The van der Waals surface area contributed by atoms with Crippen molar-refractivity contribution in [3.8, 4) is 0 Å². The SMILES string of the molecule is C=CON(Cc1ccncc1)[C@@H](C)c1ccccc1. The van der Waals surface area contributed by atoms with E-state index < -0.39 is 0 Å². The summed E-state index contributed by atoms with van der Waals surface area (Å²) < 4.78 is 0. The molecule has 0 spiro atoms. The van der Waals surface area contributed by atoms with Crippen LogP contribution in [0.25, 0.3) is 0 Å². The van der Waals surface area contributed by atoms with Gasteiger partial charge in [-0.3, -0.25) is 4.98 Å². The Balaban J connectivity index is 2.13. The van der Waals surface area contributed by atoms with Crippen molar-refractivity contribution in [1.82, 2.24) is 10.0 Å². The number of benzene rings is 1. The monoisotopic (exact) mass is 254 g/mol. The Hall–Kier alpha value is -2.13. The summed E-state index contributed by atoms with van der Waals surface area (Å²) in [4.78, 5) is 9.56. The lowest BCUT2D eigenvalue weighted by Gasteiger charge is -2.27. The van der Waals surface area contributed by atoms with Gasteiger partial charge >= 0.3 is 0 Å². The molecule has 2 rings (SSSR count). The summed E-state index contributed by atoms with van der Waals surface area (Å²) in [5.74, 6) is 0. The van der Waals surface area contributed by atoms with Gasteiger partial charge in [0.25, 0.3) is 0 Å². The Labute approximate surface area is 114 Å². The van der Waals surface area contributed by atoms with E-state index in [1.54, 1.807) is 12.4 Å². The van der Waals surface area contributed by atoms with E-state index in [0.717, 1.165) is 5.56 Å². The van der Waals surface area contributed by atoms with Crippen LogP contribution in [0, 0.1) is 0 Å². The van der Waals surface area contributed by atoms with Crippen molar-refractivity contribution in [2.45, 2.75) is 19.5 Å². The predicted molar refractivity (Wildman–Crippen MR) is 75.9 cm³/mol. The van der Waals surface area contributed by atoms with E-state index in [1.807, 2.05) is 35.4 Å². The van der Waals surface area contributed by atoms with Gasteiger partial charge in [-0.15, -0.1) is 5.06 Å². The molecular weight excluding hydrogens is 236 g/mol. The second-order valence-corrected chi connectivity index (χ2v) is 4.29. The Morgan fingerprint density at radius 1 is 1.21 bits per heavy atom. The van der Waals surface area contributed by atoms with Gasteiger partial charge in [-0.2, -0.15) is 0 Å². The standard InChI is InChI=1S/C16H18N2O/c1-3-19-18(13-15-9-11-17-12-10-15)14(2)16-7-5-4-6-8-16/h3-12,14H,1,13H2,2H3/t14-/m0/s1. The lowest BCUT2D eigenvalue weighted by molar-refractivity contribution is -0.142. The van der Waals surface area contributed by atoms with Gasteiger partial charge in [-0.1, -0.05) is 36.9 Å². The van der Waals surface area contributed by atoms with Gasteiger partial charge < -0.3 is 4.84 Å². The molecule has 0 aliphatic heterocycles. The smallest absolute Gasteiger partial charge is 0.104 e. The first-order valence-corrected chi connectivity index (χ1v) is 6.29. The normalized spacial score (nSPS) is 12.1. The fourth-order valence-corrected chi connectivity index (χ4v) is 1.93. The average Bonchev–Trinajstić information content (AvgIpc) is 2.48. The molecule has 0 aliphatic carbocycles. The van der Waals surface area contributed by atoms with Gasteiger partial charge in [-0.25, -0.2) is 0 Å². The maximum atomic E-state index is 5.54. The van der Waals surface area contributed by atoms with Gasteiger partial charge in [0.05, 0.1) is 12.6 Å². The minimum absolute atomic E-state index is 0.146. The molecule has 3 nitrogen and oxygen atoms in total. The van der Waals surface area contributed by atoms with Crippen LogP contribution >= 0.6 is 0 Å². The number of rotatable bonds is 6. The molecular formula is C16H18N2O. The zero-order chi connectivity index (χ0) is 13.5. The molecule has 0 aliphatic rings. The summed E-state index contributed by atoms with van der Waals surface area (Å²) in [6, 6.07) is 14.4. The summed E-state index contributed by atoms with van der Waals surface area (Å²) in [5.41, 5.74) is 2.36. The van der Waals surface area contributed by atoms with Crippen molar-refractivity contribution in [2.24, 2.45) is 0 Å². The quantitative estimate of drug-likeness (QED) is 0.580. The number of hydroxylamine groups is 2. The maximum Gasteiger partial charge on any atom is 0.104 e. The van der Waals surface area contributed by atoms with Crippen LogP contribution in [0.1, 0.15) is 24.1 Å². The Bertz CT molecular complexity index is 499. The summed E-state index contributed by atoms with van der Waals surface area (Å²) in [5, 5.41) is 1.90. The van der Waals surface area contributed by atoms with E-state index >= 15 is 0 Å². The van der Waals surface area contributed by atoms with E-state index in [1.165, 1.54) is 11.8 Å². The summed E-state index contributed by atoms with van der Waals surface area (Å²) >= 11 is 0. The molecule has 0 unspecified atom stereocenters.